The maximum absolute atomic E-state index is 14.0. The normalized spacial score (nSPS) is 19.8. The highest BCUT2D eigenvalue weighted by Gasteiger charge is 2.43. The predicted octanol–water partition coefficient (Wildman–Crippen LogP) is 2.20. The van der Waals surface area contributed by atoms with E-state index in [-0.39, 0.29) is 37.0 Å². The molecule has 14 heteroatoms. The number of nitrogens with zero attached hydrogens (tertiary/aromatic N) is 2. The molecule has 0 aliphatic carbocycles. The lowest BCUT2D eigenvalue weighted by Crippen LogP contribution is -2.60. The molecule has 0 aromatic carbocycles. The summed E-state index contributed by atoms with van der Waals surface area (Å²) in [6.07, 6.45) is 7.56. The molecule has 2 aliphatic rings. The third kappa shape index (κ3) is 11.2. The zero-order valence-electron chi connectivity index (χ0n) is 28.3. The number of Topliss-reactive ketones (excluding diaryl/α,β-unsaturated/α-hetero) is 1. The van der Waals surface area contributed by atoms with Gasteiger partial charge in [0.1, 0.15) is 12.1 Å². The van der Waals surface area contributed by atoms with Crippen molar-refractivity contribution in [2.75, 3.05) is 31.9 Å². The van der Waals surface area contributed by atoms with Crippen molar-refractivity contribution in [2.45, 2.75) is 105 Å². The lowest BCUT2D eigenvalue weighted by atomic mass is 9.85. The number of amides is 5. The molecule has 0 bridgehead atoms. The van der Waals surface area contributed by atoms with Crippen LogP contribution < -0.4 is 21.3 Å². The molecule has 2 saturated heterocycles. The molecule has 0 spiro atoms. The highest BCUT2D eigenvalue weighted by Crippen LogP contribution is 2.26. The predicted molar refractivity (Wildman–Crippen MR) is 177 cm³/mol. The van der Waals surface area contributed by atoms with E-state index < -0.39 is 63.1 Å². The Kier molecular flexibility index (Phi) is 14.9. The summed E-state index contributed by atoms with van der Waals surface area (Å²) in [6, 6.07) is -3.02. The van der Waals surface area contributed by atoms with Crippen LogP contribution in [0.2, 0.25) is 0 Å². The standard InChI is InChI=1S/C32H54N6O7S/c1-8-10-11-12-15-23(26(39)29(41)33-17-9-2)34-28(40)25-16-13-19-38(25)30(42)27(32(5,6)7)36-31(43)35-24(22(3)4)21-37-18-14-20-46(37,44)45/h9,15,22,24-25,27H,2,8,10-14,16-21H2,1,3-7H3,(H,33,41)(H,34,40)(H2,35,36,43)/b23-15+/t24-,25+,27-/m1/s1. The Morgan fingerprint density at radius 3 is 2.28 bits per heavy atom. The number of ketones is 1. The van der Waals surface area contributed by atoms with Crippen LogP contribution in [0.25, 0.3) is 0 Å². The van der Waals surface area contributed by atoms with Crippen molar-refractivity contribution in [2.24, 2.45) is 11.3 Å². The zero-order valence-corrected chi connectivity index (χ0v) is 29.1. The molecule has 260 valence electrons. The van der Waals surface area contributed by atoms with Gasteiger partial charge < -0.3 is 26.2 Å². The van der Waals surface area contributed by atoms with E-state index in [1.54, 1.807) is 26.8 Å². The fourth-order valence-electron chi connectivity index (χ4n) is 5.42. The van der Waals surface area contributed by atoms with Gasteiger partial charge in [-0.3, -0.25) is 19.2 Å². The molecule has 2 fully saturated rings. The van der Waals surface area contributed by atoms with Crippen LogP contribution in [0.15, 0.2) is 24.4 Å². The molecule has 0 radical (unpaired) electrons. The number of sulfonamides is 1. The van der Waals surface area contributed by atoms with Crippen LogP contribution in [0, 0.1) is 11.3 Å². The number of carbonyl (C=O) groups is 5. The summed E-state index contributed by atoms with van der Waals surface area (Å²) in [5.41, 5.74) is -0.876. The topological polar surface area (TPSA) is 174 Å². The number of allylic oxidation sites excluding steroid dienone is 1. The first-order chi connectivity index (χ1) is 21.5. The van der Waals surface area contributed by atoms with Gasteiger partial charge in [0.25, 0.3) is 11.7 Å². The summed E-state index contributed by atoms with van der Waals surface area (Å²) >= 11 is 0. The monoisotopic (exact) mass is 666 g/mol. The molecule has 2 aliphatic heterocycles. The van der Waals surface area contributed by atoms with E-state index in [1.807, 2.05) is 20.8 Å². The molecule has 4 N–H and O–H groups in total. The van der Waals surface area contributed by atoms with E-state index in [0.29, 0.717) is 32.2 Å². The summed E-state index contributed by atoms with van der Waals surface area (Å²) in [5.74, 6) is -2.78. The molecule has 5 amide bonds. The molecule has 0 unspecified atom stereocenters. The van der Waals surface area contributed by atoms with Crippen LogP contribution in [0.3, 0.4) is 0 Å². The zero-order chi connectivity index (χ0) is 34.7. The molecule has 0 saturated carbocycles. The number of rotatable bonds is 16. The number of nitrogens with one attached hydrogen (secondary N) is 4. The van der Waals surface area contributed by atoms with Gasteiger partial charge in [-0.05, 0) is 43.4 Å². The van der Waals surface area contributed by atoms with Crippen LogP contribution in [-0.4, -0.2) is 97.2 Å². The Labute approximate surface area is 274 Å². The van der Waals surface area contributed by atoms with Crippen LogP contribution in [-0.2, 0) is 29.2 Å². The molecule has 46 heavy (non-hydrogen) atoms. The SMILES string of the molecule is C=CCNC(=O)C(=O)/C(=C\CCCCC)NC(=O)[C@@H]1CCCN1C(=O)[C@@H](NC(=O)N[C@H](CN1CCCS1(=O)=O)C(C)C)C(C)(C)C. The van der Waals surface area contributed by atoms with E-state index in [1.165, 1.54) is 15.3 Å². The van der Waals surface area contributed by atoms with Gasteiger partial charge in [-0.2, -0.15) is 4.31 Å². The Morgan fingerprint density at radius 2 is 1.72 bits per heavy atom. The number of unbranched alkanes of at least 4 members (excludes halogenated alkanes) is 3. The maximum atomic E-state index is 14.0. The number of urea groups is 1. The van der Waals surface area contributed by atoms with Crippen molar-refractivity contribution in [3.05, 3.63) is 24.4 Å². The average molecular weight is 667 g/mol. The van der Waals surface area contributed by atoms with E-state index >= 15 is 0 Å². The van der Waals surface area contributed by atoms with Gasteiger partial charge in [-0.15, -0.1) is 6.58 Å². The second kappa shape index (κ2) is 17.6. The first-order valence-corrected chi connectivity index (χ1v) is 17.9. The molecular weight excluding hydrogens is 612 g/mol. The smallest absolute Gasteiger partial charge is 0.315 e. The highest BCUT2D eigenvalue weighted by molar-refractivity contribution is 7.89. The second-order valence-corrected chi connectivity index (χ2v) is 15.5. The number of hydrogen-bond donors (Lipinski definition) is 4. The van der Waals surface area contributed by atoms with Gasteiger partial charge in [0.15, 0.2) is 0 Å². The van der Waals surface area contributed by atoms with Crippen molar-refractivity contribution in [3.63, 3.8) is 0 Å². The van der Waals surface area contributed by atoms with E-state index in [0.717, 1.165) is 19.3 Å². The van der Waals surface area contributed by atoms with Gasteiger partial charge in [-0.25, -0.2) is 13.2 Å². The first kappa shape index (κ1) is 38.9. The third-order valence-electron chi connectivity index (χ3n) is 8.22. The minimum atomic E-state index is -3.36. The number of hydrogen-bond acceptors (Lipinski definition) is 7. The van der Waals surface area contributed by atoms with E-state index in [9.17, 15) is 32.4 Å². The number of likely N-dealkylation sites (tertiary alicyclic amines) is 1. The molecule has 2 rings (SSSR count). The Balaban J connectivity index is 2.20. The minimum absolute atomic E-state index is 0.0808. The van der Waals surface area contributed by atoms with Crippen molar-refractivity contribution in [1.82, 2.24) is 30.5 Å². The van der Waals surface area contributed by atoms with Crippen molar-refractivity contribution in [1.29, 1.82) is 0 Å². The minimum Gasteiger partial charge on any atom is -0.346 e. The largest absolute Gasteiger partial charge is 0.346 e. The quantitative estimate of drug-likeness (QED) is 0.0846. The molecule has 13 nitrogen and oxygen atoms in total. The van der Waals surface area contributed by atoms with Crippen LogP contribution in [0.4, 0.5) is 4.79 Å². The molecule has 0 aromatic rings. The van der Waals surface area contributed by atoms with Gasteiger partial charge in [0.2, 0.25) is 21.8 Å². The fourth-order valence-corrected chi connectivity index (χ4v) is 6.97. The molecule has 0 aromatic heterocycles. The summed E-state index contributed by atoms with van der Waals surface area (Å²) in [6.45, 7) is 15.6. The second-order valence-electron chi connectivity index (χ2n) is 13.4. The Morgan fingerprint density at radius 1 is 1.02 bits per heavy atom. The average Bonchev–Trinajstić information content (AvgIpc) is 3.60. The van der Waals surface area contributed by atoms with E-state index in [2.05, 4.69) is 27.8 Å². The Hall–Kier alpha value is -3.26. The summed E-state index contributed by atoms with van der Waals surface area (Å²) in [7, 11) is -3.36. The molecule has 2 heterocycles. The first-order valence-electron chi connectivity index (χ1n) is 16.3. The summed E-state index contributed by atoms with van der Waals surface area (Å²) < 4.78 is 26.1. The highest BCUT2D eigenvalue weighted by atomic mass is 32.2. The van der Waals surface area contributed by atoms with Crippen LogP contribution in [0.5, 0.6) is 0 Å². The van der Waals surface area contributed by atoms with Crippen LogP contribution in [0.1, 0.15) is 86.5 Å². The van der Waals surface area contributed by atoms with Gasteiger partial charge in [0, 0.05) is 32.2 Å². The Bertz CT molecular complexity index is 1260. The molecular formula is C32H54N6O7S. The maximum Gasteiger partial charge on any atom is 0.315 e. The number of carbonyl (C=O) groups excluding carboxylic acids is 5. The third-order valence-corrected chi connectivity index (χ3v) is 10.1. The van der Waals surface area contributed by atoms with Gasteiger partial charge in [-0.1, -0.05) is 66.5 Å². The van der Waals surface area contributed by atoms with Crippen molar-refractivity contribution in [3.8, 4) is 0 Å². The van der Waals surface area contributed by atoms with Crippen LogP contribution >= 0.6 is 0 Å². The van der Waals surface area contributed by atoms with Gasteiger partial charge >= 0.3 is 6.03 Å². The summed E-state index contributed by atoms with van der Waals surface area (Å²) in [5, 5.41) is 10.7. The van der Waals surface area contributed by atoms with Crippen molar-refractivity contribution >= 4 is 39.6 Å². The summed E-state index contributed by atoms with van der Waals surface area (Å²) in [4.78, 5) is 67.5. The lowest BCUT2D eigenvalue weighted by molar-refractivity contribution is -0.142. The lowest BCUT2D eigenvalue weighted by Gasteiger charge is -2.36. The van der Waals surface area contributed by atoms with E-state index in [4.69, 9.17) is 0 Å². The molecule has 3 atom stereocenters. The van der Waals surface area contributed by atoms with Crippen molar-refractivity contribution < 1.29 is 32.4 Å². The van der Waals surface area contributed by atoms with Gasteiger partial charge in [0.05, 0.1) is 11.4 Å². The fraction of sp³-hybridized carbons (Fsp3) is 0.719.